The summed E-state index contributed by atoms with van der Waals surface area (Å²) >= 11 is 5.48. The van der Waals surface area contributed by atoms with Gasteiger partial charge in [0.25, 0.3) is 0 Å². The molecule has 4 N–H and O–H groups in total. The standard InChI is InChI=1S/C17H16N6O4S/c24-6-9-11(25)12(26)16(27-9)22-7-18-10-14(22)19-17(28)23-13(20-21-15(10)23)8-4-2-1-3-5-8/h1-5,7,9,11-12,16,21,24-26H,6H2/t9-,11-,12-,16-/m1/s1. The zero-order valence-corrected chi connectivity index (χ0v) is 15.2. The lowest BCUT2D eigenvalue weighted by Gasteiger charge is -2.16. The Labute approximate surface area is 162 Å². The number of fused-ring (bicyclic) bond motifs is 3. The van der Waals surface area contributed by atoms with E-state index in [2.05, 4.69) is 20.2 Å². The first-order valence-corrected chi connectivity index (χ1v) is 9.02. The molecule has 11 heteroatoms. The fraction of sp³-hybridized carbons (Fsp3) is 0.294. The van der Waals surface area contributed by atoms with Crippen LogP contribution in [-0.2, 0) is 4.74 Å². The quantitative estimate of drug-likeness (QED) is 0.364. The Morgan fingerprint density at radius 3 is 2.68 bits per heavy atom. The molecule has 3 aromatic heterocycles. The molecule has 0 bridgehead atoms. The van der Waals surface area contributed by atoms with Gasteiger partial charge in [-0.15, -0.1) is 0 Å². The smallest absolute Gasteiger partial charge is 0.209 e. The minimum Gasteiger partial charge on any atom is -0.394 e. The third-order valence-electron chi connectivity index (χ3n) is 4.91. The van der Waals surface area contributed by atoms with E-state index in [1.54, 1.807) is 4.40 Å². The SMILES string of the molecule is OC[C@H]1O[C@@H](n2cnc3c2nc(=S)n2c(-c4ccccc4)n[nH]c32)[C@H](O)[C@@H]1O. The number of nitrogens with zero attached hydrogens (tertiary/aromatic N) is 5. The number of hydrogen-bond donors (Lipinski definition) is 4. The van der Waals surface area contributed by atoms with Crippen LogP contribution in [0, 0.1) is 4.77 Å². The van der Waals surface area contributed by atoms with Gasteiger partial charge in [0.2, 0.25) is 4.77 Å². The van der Waals surface area contributed by atoms with Crippen LogP contribution in [0.5, 0.6) is 0 Å². The molecule has 0 aliphatic carbocycles. The van der Waals surface area contributed by atoms with Crippen LogP contribution in [0.2, 0.25) is 0 Å². The van der Waals surface area contributed by atoms with Crippen molar-refractivity contribution in [1.29, 1.82) is 0 Å². The van der Waals surface area contributed by atoms with E-state index in [4.69, 9.17) is 17.0 Å². The Bertz CT molecular complexity index is 1220. The van der Waals surface area contributed by atoms with Gasteiger partial charge in [-0.25, -0.2) is 9.38 Å². The number of imidazole rings is 1. The van der Waals surface area contributed by atoms with E-state index in [9.17, 15) is 15.3 Å². The van der Waals surface area contributed by atoms with Gasteiger partial charge in [0, 0.05) is 5.56 Å². The number of H-pyrrole nitrogens is 1. The highest BCUT2D eigenvalue weighted by atomic mass is 32.1. The van der Waals surface area contributed by atoms with Gasteiger partial charge in [0.1, 0.15) is 18.3 Å². The molecule has 1 saturated heterocycles. The van der Waals surface area contributed by atoms with Crippen molar-refractivity contribution in [3.05, 3.63) is 41.4 Å². The number of aromatic amines is 1. The molecule has 0 spiro atoms. The first-order chi connectivity index (χ1) is 13.6. The maximum Gasteiger partial charge on any atom is 0.209 e. The van der Waals surface area contributed by atoms with Gasteiger partial charge < -0.3 is 20.1 Å². The van der Waals surface area contributed by atoms with Crippen molar-refractivity contribution in [2.75, 3.05) is 6.61 Å². The van der Waals surface area contributed by atoms with Gasteiger partial charge in [0.15, 0.2) is 28.9 Å². The van der Waals surface area contributed by atoms with E-state index in [0.29, 0.717) is 22.6 Å². The van der Waals surface area contributed by atoms with Crippen molar-refractivity contribution in [1.82, 2.24) is 29.1 Å². The molecule has 5 rings (SSSR count). The van der Waals surface area contributed by atoms with Crippen LogP contribution in [0.3, 0.4) is 0 Å². The van der Waals surface area contributed by atoms with Crippen molar-refractivity contribution < 1.29 is 20.1 Å². The molecule has 0 unspecified atom stereocenters. The van der Waals surface area contributed by atoms with Crippen molar-refractivity contribution in [3.8, 4) is 11.4 Å². The summed E-state index contributed by atoms with van der Waals surface area (Å²) in [6, 6.07) is 9.55. The summed E-state index contributed by atoms with van der Waals surface area (Å²) in [4.78, 5) is 8.84. The van der Waals surface area contributed by atoms with Crippen LogP contribution in [0.4, 0.5) is 0 Å². The summed E-state index contributed by atoms with van der Waals surface area (Å²) in [6.45, 7) is -0.415. The number of hydrogen-bond acceptors (Lipinski definition) is 8. The van der Waals surface area contributed by atoms with E-state index in [0.717, 1.165) is 5.56 Å². The lowest BCUT2D eigenvalue weighted by atomic mass is 10.1. The topological polar surface area (TPSA) is 134 Å². The van der Waals surface area contributed by atoms with E-state index in [1.165, 1.54) is 10.9 Å². The van der Waals surface area contributed by atoms with Crippen molar-refractivity contribution in [2.24, 2.45) is 0 Å². The van der Waals surface area contributed by atoms with Crippen molar-refractivity contribution >= 4 is 29.0 Å². The number of rotatable bonds is 3. The molecule has 144 valence electrons. The molecule has 0 radical (unpaired) electrons. The van der Waals surface area contributed by atoms with E-state index < -0.39 is 31.1 Å². The molecule has 1 fully saturated rings. The Balaban J connectivity index is 1.68. The summed E-state index contributed by atoms with van der Waals surface area (Å²) in [5, 5.41) is 37.0. The number of aromatic nitrogens is 6. The van der Waals surface area contributed by atoms with Crippen LogP contribution in [0.25, 0.3) is 28.2 Å². The first kappa shape index (κ1) is 17.4. The summed E-state index contributed by atoms with van der Waals surface area (Å²) in [5.74, 6) is 0.609. The van der Waals surface area contributed by atoms with Gasteiger partial charge in [-0.3, -0.25) is 9.67 Å². The van der Waals surface area contributed by atoms with Crippen LogP contribution in [0.1, 0.15) is 6.23 Å². The molecular weight excluding hydrogens is 384 g/mol. The van der Waals surface area contributed by atoms with Crippen LogP contribution in [-0.4, -0.2) is 69.4 Å². The molecular formula is C17H16N6O4S. The average molecular weight is 400 g/mol. The minimum absolute atomic E-state index is 0.253. The third-order valence-corrected chi connectivity index (χ3v) is 5.19. The van der Waals surface area contributed by atoms with Crippen molar-refractivity contribution in [3.63, 3.8) is 0 Å². The fourth-order valence-corrected chi connectivity index (χ4v) is 3.77. The van der Waals surface area contributed by atoms with Gasteiger partial charge in [-0.1, -0.05) is 30.3 Å². The normalized spacial score (nSPS) is 25.1. The predicted molar refractivity (Wildman–Crippen MR) is 99.9 cm³/mol. The first-order valence-electron chi connectivity index (χ1n) is 8.61. The molecule has 4 heterocycles. The minimum atomic E-state index is -1.24. The zero-order chi connectivity index (χ0) is 19.4. The molecule has 1 aliphatic rings. The van der Waals surface area contributed by atoms with E-state index in [-0.39, 0.29) is 4.77 Å². The molecule has 1 aliphatic heterocycles. The number of aliphatic hydroxyl groups is 3. The second-order valence-electron chi connectivity index (χ2n) is 6.54. The van der Waals surface area contributed by atoms with E-state index >= 15 is 0 Å². The average Bonchev–Trinajstić information content (AvgIpc) is 3.40. The summed E-state index contributed by atoms with van der Waals surface area (Å²) in [7, 11) is 0. The summed E-state index contributed by atoms with van der Waals surface area (Å²) < 4.78 is 9.03. The van der Waals surface area contributed by atoms with Gasteiger partial charge in [-0.05, 0) is 12.2 Å². The van der Waals surface area contributed by atoms with E-state index in [1.807, 2.05) is 30.3 Å². The predicted octanol–water partition coefficient (Wildman–Crippen LogP) is 0.415. The Kier molecular flexibility index (Phi) is 4.00. The molecule has 4 atom stereocenters. The molecule has 4 aromatic rings. The molecule has 10 nitrogen and oxygen atoms in total. The Hall–Kier alpha value is -2.70. The molecule has 1 aromatic carbocycles. The number of aliphatic hydroxyl groups excluding tert-OH is 3. The van der Waals surface area contributed by atoms with Crippen LogP contribution < -0.4 is 0 Å². The summed E-state index contributed by atoms with van der Waals surface area (Å²) in [5.41, 5.74) is 2.29. The van der Waals surface area contributed by atoms with Gasteiger partial charge in [-0.2, -0.15) is 10.1 Å². The Morgan fingerprint density at radius 2 is 1.96 bits per heavy atom. The molecule has 28 heavy (non-hydrogen) atoms. The number of benzene rings is 1. The van der Waals surface area contributed by atoms with Crippen LogP contribution in [0.15, 0.2) is 36.7 Å². The zero-order valence-electron chi connectivity index (χ0n) is 14.4. The highest BCUT2D eigenvalue weighted by molar-refractivity contribution is 7.71. The lowest BCUT2D eigenvalue weighted by molar-refractivity contribution is -0.0511. The maximum absolute atomic E-state index is 10.3. The summed E-state index contributed by atoms with van der Waals surface area (Å²) in [6.07, 6.45) is -2.84. The van der Waals surface area contributed by atoms with Gasteiger partial charge >= 0.3 is 0 Å². The van der Waals surface area contributed by atoms with Crippen LogP contribution >= 0.6 is 12.2 Å². The molecule has 0 saturated carbocycles. The largest absolute Gasteiger partial charge is 0.394 e. The second-order valence-corrected chi connectivity index (χ2v) is 6.91. The second kappa shape index (κ2) is 6.43. The lowest BCUT2D eigenvalue weighted by Crippen LogP contribution is -2.33. The fourth-order valence-electron chi connectivity index (χ4n) is 3.51. The Morgan fingerprint density at radius 1 is 1.18 bits per heavy atom. The molecule has 0 amide bonds. The maximum atomic E-state index is 10.3. The van der Waals surface area contributed by atoms with Crippen molar-refractivity contribution in [2.45, 2.75) is 24.5 Å². The third kappa shape index (κ3) is 2.41. The monoisotopic (exact) mass is 400 g/mol. The number of nitrogens with one attached hydrogen (secondary N) is 1. The highest BCUT2D eigenvalue weighted by Gasteiger charge is 2.44. The van der Waals surface area contributed by atoms with Gasteiger partial charge in [0.05, 0.1) is 12.9 Å². The highest BCUT2D eigenvalue weighted by Crippen LogP contribution is 2.32. The number of ether oxygens (including phenoxy) is 1.